The Morgan fingerprint density at radius 2 is 1.78 bits per heavy atom. The monoisotopic (exact) mass is 300 g/mol. The molecule has 0 amide bonds. The summed E-state index contributed by atoms with van der Waals surface area (Å²) in [6.45, 7) is 18.2. The number of aryl methyl sites for hydroxylation is 1. The first-order valence-electron chi connectivity index (χ1n) is 7.90. The van der Waals surface area contributed by atoms with Gasteiger partial charge in [0.15, 0.2) is 0 Å². The summed E-state index contributed by atoms with van der Waals surface area (Å²) in [4.78, 5) is 0. The van der Waals surface area contributed by atoms with Gasteiger partial charge in [0.2, 0.25) is 0 Å². The lowest BCUT2D eigenvalue weighted by Gasteiger charge is -2.15. The van der Waals surface area contributed by atoms with Crippen molar-refractivity contribution < 1.29 is 0 Å². The van der Waals surface area contributed by atoms with Crippen LogP contribution in [-0.4, -0.2) is 0 Å². The SMILES string of the molecule is C=C/C=c1/c(=C/C)c(/C(C=C)=C\C)c(C=C)c2cccc(C)c12. The minimum absolute atomic E-state index is 1.12. The predicted octanol–water partition coefficient (Wildman–Crippen LogP) is 5.15. The second kappa shape index (κ2) is 7.11. The molecule has 0 saturated carbocycles. The number of allylic oxidation sites excluding steroid dienone is 4. The highest BCUT2D eigenvalue weighted by atomic mass is 14.2. The number of hydrogen-bond donors (Lipinski definition) is 0. The van der Waals surface area contributed by atoms with Crippen LogP contribution in [-0.2, 0) is 0 Å². The van der Waals surface area contributed by atoms with Crippen molar-refractivity contribution in [3.63, 3.8) is 0 Å². The van der Waals surface area contributed by atoms with Crippen molar-refractivity contribution >= 4 is 34.6 Å². The molecule has 0 saturated heterocycles. The van der Waals surface area contributed by atoms with Crippen LogP contribution in [0.4, 0.5) is 0 Å². The maximum absolute atomic E-state index is 4.07. The fraction of sp³-hybridized carbons (Fsp3) is 0.130. The van der Waals surface area contributed by atoms with Crippen molar-refractivity contribution in [3.05, 3.63) is 83.3 Å². The first-order valence-corrected chi connectivity index (χ1v) is 7.90. The average molecular weight is 300 g/mol. The molecule has 0 heterocycles. The normalized spacial score (nSPS) is 13.4. The van der Waals surface area contributed by atoms with E-state index in [0.29, 0.717) is 0 Å². The molecule has 0 radical (unpaired) electrons. The third-order valence-corrected chi connectivity index (χ3v) is 4.26. The summed E-state index contributed by atoms with van der Waals surface area (Å²) in [5.74, 6) is 0. The summed E-state index contributed by atoms with van der Waals surface area (Å²) >= 11 is 0. The van der Waals surface area contributed by atoms with E-state index in [1.54, 1.807) is 0 Å². The van der Waals surface area contributed by atoms with E-state index in [1.807, 2.05) is 25.2 Å². The lowest BCUT2D eigenvalue weighted by Crippen LogP contribution is -2.30. The van der Waals surface area contributed by atoms with Crippen molar-refractivity contribution in [1.82, 2.24) is 0 Å². The van der Waals surface area contributed by atoms with E-state index < -0.39 is 0 Å². The van der Waals surface area contributed by atoms with Crippen molar-refractivity contribution in [2.45, 2.75) is 20.8 Å². The molecule has 2 aromatic carbocycles. The molecule has 2 aromatic rings. The van der Waals surface area contributed by atoms with Crippen LogP contribution in [0.15, 0.2) is 56.2 Å². The van der Waals surface area contributed by atoms with E-state index in [0.717, 1.165) is 11.1 Å². The van der Waals surface area contributed by atoms with Crippen LogP contribution in [0.3, 0.4) is 0 Å². The molecule has 0 spiro atoms. The van der Waals surface area contributed by atoms with Crippen LogP contribution >= 0.6 is 0 Å². The van der Waals surface area contributed by atoms with Crippen LogP contribution in [0.2, 0.25) is 0 Å². The molecule has 0 aliphatic carbocycles. The van der Waals surface area contributed by atoms with Crippen LogP contribution in [0, 0.1) is 6.92 Å². The third-order valence-electron chi connectivity index (χ3n) is 4.26. The first kappa shape index (κ1) is 16.8. The maximum Gasteiger partial charge on any atom is -0.00334 e. The molecule has 0 unspecified atom stereocenters. The van der Waals surface area contributed by atoms with Gasteiger partial charge in [0.25, 0.3) is 0 Å². The van der Waals surface area contributed by atoms with Crippen LogP contribution in [0.5, 0.6) is 0 Å². The molecule has 116 valence electrons. The van der Waals surface area contributed by atoms with Gasteiger partial charge in [-0.2, -0.15) is 0 Å². The van der Waals surface area contributed by atoms with E-state index >= 15 is 0 Å². The molecular formula is C23H24. The summed E-state index contributed by atoms with van der Waals surface area (Å²) in [5.41, 5.74) is 4.72. The Balaban J connectivity index is 3.34. The Morgan fingerprint density at radius 3 is 2.30 bits per heavy atom. The molecule has 0 aliphatic rings. The summed E-state index contributed by atoms with van der Waals surface area (Å²) in [7, 11) is 0. The fourth-order valence-electron chi connectivity index (χ4n) is 3.28. The topological polar surface area (TPSA) is 0 Å². The first-order chi connectivity index (χ1) is 11.1. The van der Waals surface area contributed by atoms with Gasteiger partial charge >= 0.3 is 0 Å². The molecule has 0 nitrogen and oxygen atoms in total. The van der Waals surface area contributed by atoms with E-state index in [-0.39, 0.29) is 0 Å². The number of hydrogen-bond acceptors (Lipinski definition) is 0. The Hall–Kier alpha value is -2.60. The highest BCUT2D eigenvalue weighted by Crippen LogP contribution is 2.26. The second-order valence-corrected chi connectivity index (χ2v) is 5.46. The van der Waals surface area contributed by atoms with Gasteiger partial charge in [0.1, 0.15) is 0 Å². The second-order valence-electron chi connectivity index (χ2n) is 5.46. The van der Waals surface area contributed by atoms with Crippen molar-refractivity contribution in [3.8, 4) is 0 Å². The molecule has 2 rings (SSSR count). The zero-order chi connectivity index (χ0) is 17.0. The Morgan fingerprint density at radius 1 is 1.04 bits per heavy atom. The lowest BCUT2D eigenvalue weighted by atomic mass is 9.88. The zero-order valence-electron chi connectivity index (χ0n) is 14.3. The smallest absolute Gasteiger partial charge is 0.00334 e. The predicted molar refractivity (Wildman–Crippen MR) is 107 cm³/mol. The van der Waals surface area contributed by atoms with Crippen molar-refractivity contribution in [1.29, 1.82) is 0 Å². The Labute approximate surface area is 139 Å². The highest BCUT2D eigenvalue weighted by Gasteiger charge is 2.12. The maximum atomic E-state index is 4.07. The van der Waals surface area contributed by atoms with Gasteiger partial charge < -0.3 is 0 Å². The molecule has 0 atom stereocenters. The van der Waals surface area contributed by atoms with Crippen LogP contribution < -0.4 is 10.4 Å². The average Bonchev–Trinajstić information content (AvgIpc) is 2.56. The quantitative estimate of drug-likeness (QED) is 0.685. The minimum Gasteiger partial charge on any atom is -0.0990 e. The van der Waals surface area contributed by atoms with Crippen LogP contribution in [0.25, 0.3) is 34.6 Å². The largest absolute Gasteiger partial charge is 0.0990 e. The molecule has 0 heteroatoms. The minimum atomic E-state index is 1.12. The van der Waals surface area contributed by atoms with E-state index in [9.17, 15) is 0 Å². The molecular weight excluding hydrogens is 276 g/mol. The van der Waals surface area contributed by atoms with Crippen LogP contribution in [0.1, 0.15) is 30.5 Å². The van der Waals surface area contributed by atoms with E-state index in [2.05, 4.69) is 70.0 Å². The summed E-state index contributed by atoms with van der Waals surface area (Å²) < 4.78 is 0. The summed E-state index contributed by atoms with van der Waals surface area (Å²) in [6, 6.07) is 6.42. The van der Waals surface area contributed by atoms with Gasteiger partial charge in [-0.15, -0.1) is 0 Å². The van der Waals surface area contributed by atoms with Crippen molar-refractivity contribution in [2.24, 2.45) is 0 Å². The van der Waals surface area contributed by atoms with Gasteiger partial charge in [-0.25, -0.2) is 0 Å². The summed E-state index contributed by atoms with van der Waals surface area (Å²) in [6.07, 6.45) is 12.1. The molecule has 0 N–H and O–H groups in total. The summed E-state index contributed by atoms with van der Waals surface area (Å²) in [5, 5.41) is 4.89. The molecule has 0 bridgehead atoms. The van der Waals surface area contributed by atoms with Gasteiger partial charge in [-0.3, -0.25) is 0 Å². The van der Waals surface area contributed by atoms with Crippen molar-refractivity contribution in [2.75, 3.05) is 0 Å². The van der Waals surface area contributed by atoms with E-state index in [4.69, 9.17) is 0 Å². The Bertz CT molecular complexity index is 934. The van der Waals surface area contributed by atoms with Gasteiger partial charge in [-0.05, 0) is 64.2 Å². The third kappa shape index (κ3) is 2.73. The lowest BCUT2D eigenvalue weighted by molar-refractivity contribution is 1.44. The highest BCUT2D eigenvalue weighted by molar-refractivity contribution is 5.99. The Kier molecular flexibility index (Phi) is 5.18. The molecule has 0 aliphatic heterocycles. The number of rotatable bonds is 4. The van der Waals surface area contributed by atoms with Gasteiger partial charge in [0.05, 0.1) is 0 Å². The fourth-order valence-corrected chi connectivity index (χ4v) is 3.28. The molecule has 23 heavy (non-hydrogen) atoms. The number of benzene rings is 2. The molecule has 0 fully saturated rings. The van der Waals surface area contributed by atoms with Gasteiger partial charge in [-0.1, -0.05) is 74.4 Å². The zero-order valence-corrected chi connectivity index (χ0v) is 14.3. The van der Waals surface area contributed by atoms with E-state index in [1.165, 1.54) is 32.3 Å². The standard InChI is InChI=1S/C23H24/c1-7-13-20-18(10-4)23(17(8-2)9-3)19(11-5)21-15-12-14-16(6)22(20)21/h7-15H,1-2,5H2,3-4,6H3/b17-9-,18-10-,20-13-. The van der Waals surface area contributed by atoms with Gasteiger partial charge in [0, 0.05) is 0 Å². The molecule has 0 aromatic heterocycles. The number of fused-ring (bicyclic) bond motifs is 1.